The van der Waals surface area contributed by atoms with E-state index >= 15 is 0 Å². The van der Waals surface area contributed by atoms with Crippen molar-refractivity contribution in [3.05, 3.63) is 96.6 Å². The van der Waals surface area contributed by atoms with Gasteiger partial charge in [0.2, 0.25) is 0 Å². The molecule has 1 aromatic heterocycles. The fraction of sp³-hybridized carbons (Fsp3) is 0.226. The summed E-state index contributed by atoms with van der Waals surface area (Å²) in [6.07, 6.45) is 3.67. The Labute approximate surface area is 221 Å². The minimum absolute atomic E-state index is 0.336. The predicted octanol–water partition coefficient (Wildman–Crippen LogP) is 7.85. The number of thiophene rings is 1. The van der Waals surface area contributed by atoms with Crippen LogP contribution in [0.4, 0.5) is 0 Å². The van der Waals surface area contributed by atoms with Gasteiger partial charge in [-0.3, -0.25) is 0 Å². The maximum atomic E-state index is 12.6. The summed E-state index contributed by atoms with van der Waals surface area (Å²) in [4.78, 5) is 25.1. The van der Waals surface area contributed by atoms with Crippen molar-refractivity contribution in [3.63, 3.8) is 0 Å². The number of benzene rings is 3. The molecule has 1 heterocycles. The summed E-state index contributed by atoms with van der Waals surface area (Å²) in [6.45, 7) is 6.20. The molecule has 0 atom stereocenters. The minimum atomic E-state index is -0.409. The summed E-state index contributed by atoms with van der Waals surface area (Å²) in [5, 5.41) is 1.23. The monoisotopic (exact) mass is 514 g/mol. The zero-order chi connectivity index (χ0) is 26.0. The van der Waals surface area contributed by atoms with Crippen LogP contribution in [0.5, 0.6) is 11.5 Å². The molecule has 0 aliphatic rings. The van der Waals surface area contributed by atoms with E-state index in [1.807, 2.05) is 36.4 Å². The zero-order valence-corrected chi connectivity index (χ0v) is 21.7. The number of rotatable bonds is 12. The van der Waals surface area contributed by atoms with Gasteiger partial charge < -0.3 is 14.2 Å². The number of hydrogen-bond donors (Lipinski definition) is 0. The van der Waals surface area contributed by atoms with Crippen molar-refractivity contribution in [1.82, 2.24) is 0 Å². The molecule has 0 radical (unpaired) electrons. The number of unbranched alkanes of at least 4 members (excludes halogenated alkanes) is 3. The molecule has 0 N–H and O–H groups in total. The lowest BCUT2D eigenvalue weighted by molar-refractivity contribution is -0.139. The van der Waals surface area contributed by atoms with Crippen molar-refractivity contribution in [3.8, 4) is 21.9 Å². The SMILES string of the molecule is C=C(C)C(=O)OCCCCCCOc1ccc(C(=O)Oc2ccc(-c3cc4ccccc4s3)cc2)cc1. The fourth-order valence-electron chi connectivity index (χ4n) is 3.70. The summed E-state index contributed by atoms with van der Waals surface area (Å²) >= 11 is 1.74. The average molecular weight is 515 g/mol. The summed E-state index contributed by atoms with van der Waals surface area (Å²) < 4.78 is 17.6. The van der Waals surface area contributed by atoms with Gasteiger partial charge in [-0.05, 0) is 104 Å². The van der Waals surface area contributed by atoms with Gasteiger partial charge in [0.1, 0.15) is 11.5 Å². The van der Waals surface area contributed by atoms with Crippen LogP contribution < -0.4 is 9.47 Å². The van der Waals surface area contributed by atoms with Crippen molar-refractivity contribution < 1.29 is 23.8 Å². The first-order valence-electron chi connectivity index (χ1n) is 12.4. The first kappa shape index (κ1) is 26.2. The molecule has 0 saturated heterocycles. The number of hydrogen-bond acceptors (Lipinski definition) is 6. The van der Waals surface area contributed by atoms with Gasteiger partial charge in [-0.25, -0.2) is 9.59 Å². The smallest absolute Gasteiger partial charge is 0.343 e. The Hall–Kier alpha value is -3.90. The molecule has 0 aliphatic carbocycles. The Bertz CT molecular complexity index is 1320. The normalized spacial score (nSPS) is 10.7. The molecule has 37 heavy (non-hydrogen) atoms. The van der Waals surface area contributed by atoms with Crippen molar-refractivity contribution in [2.45, 2.75) is 32.6 Å². The van der Waals surface area contributed by atoms with Crippen LogP contribution in [0, 0.1) is 0 Å². The first-order valence-corrected chi connectivity index (χ1v) is 13.2. The average Bonchev–Trinajstić information content (AvgIpc) is 3.35. The minimum Gasteiger partial charge on any atom is -0.494 e. The molecule has 4 rings (SSSR count). The van der Waals surface area contributed by atoms with Gasteiger partial charge in [0.15, 0.2) is 0 Å². The molecule has 0 amide bonds. The summed E-state index contributed by atoms with van der Waals surface area (Å²) in [6, 6.07) is 25.0. The molecule has 0 saturated carbocycles. The molecule has 0 fully saturated rings. The van der Waals surface area contributed by atoms with Crippen LogP contribution in [-0.2, 0) is 9.53 Å². The van der Waals surface area contributed by atoms with Crippen LogP contribution in [0.2, 0.25) is 0 Å². The van der Waals surface area contributed by atoms with E-state index in [9.17, 15) is 9.59 Å². The molecular formula is C31H30O5S. The zero-order valence-electron chi connectivity index (χ0n) is 20.9. The van der Waals surface area contributed by atoms with E-state index in [1.54, 1.807) is 42.5 Å². The first-order chi connectivity index (χ1) is 18.0. The van der Waals surface area contributed by atoms with Crippen molar-refractivity contribution in [2.75, 3.05) is 13.2 Å². The fourth-order valence-corrected chi connectivity index (χ4v) is 4.77. The quantitative estimate of drug-likeness (QED) is 0.0834. The van der Waals surface area contributed by atoms with Gasteiger partial charge in [0.05, 0.1) is 18.8 Å². The van der Waals surface area contributed by atoms with Crippen molar-refractivity contribution in [2.24, 2.45) is 0 Å². The van der Waals surface area contributed by atoms with Gasteiger partial charge in [-0.1, -0.05) is 24.8 Å². The van der Waals surface area contributed by atoms with E-state index in [-0.39, 0.29) is 5.97 Å². The Balaban J connectivity index is 1.18. The number of carbonyl (C=O) groups excluding carboxylic acids is 2. The van der Waals surface area contributed by atoms with Crippen LogP contribution in [0.15, 0.2) is 91.0 Å². The van der Waals surface area contributed by atoms with E-state index in [0.29, 0.717) is 35.8 Å². The lowest BCUT2D eigenvalue weighted by Crippen LogP contribution is -2.08. The number of carbonyl (C=O) groups is 2. The van der Waals surface area contributed by atoms with Gasteiger partial charge >= 0.3 is 11.9 Å². The van der Waals surface area contributed by atoms with Crippen LogP contribution >= 0.6 is 11.3 Å². The molecule has 5 nitrogen and oxygen atoms in total. The molecule has 0 bridgehead atoms. The second-order valence-corrected chi connectivity index (χ2v) is 9.85. The molecule has 3 aromatic carbocycles. The largest absolute Gasteiger partial charge is 0.494 e. The third kappa shape index (κ3) is 7.54. The second kappa shape index (κ2) is 12.9. The van der Waals surface area contributed by atoms with E-state index in [2.05, 4.69) is 24.8 Å². The Morgan fingerprint density at radius 2 is 1.49 bits per heavy atom. The summed E-state index contributed by atoms with van der Waals surface area (Å²) in [5.41, 5.74) is 1.98. The topological polar surface area (TPSA) is 61.8 Å². The van der Waals surface area contributed by atoms with Gasteiger partial charge in [-0.2, -0.15) is 0 Å². The number of ether oxygens (including phenoxy) is 3. The molecule has 0 aliphatic heterocycles. The Morgan fingerprint density at radius 3 is 2.19 bits per heavy atom. The number of fused-ring (bicyclic) bond motifs is 1. The molecular weight excluding hydrogens is 484 g/mol. The van der Waals surface area contributed by atoms with Gasteiger partial charge in [0.25, 0.3) is 0 Å². The standard InChI is InChI=1S/C31H30O5S/c1-22(2)30(32)35-20-8-4-3-7-19-34-26-15-13-24(14-16-26)31(33)36-27-17-11-23(12-18-27)29-21-25-9-5-6-10-28(25)37-29/h5-6,9-18,21H,1,3-4,7-8,19-20H2,2H3. The highest BCUT2D eigenvalue weighted by Gasteiger charge is 2.10. The van der Waals surface area contributed by atoms with Gasteiger partial charge in [0, 0.05) is 15.2 Å². The Kier molecular flexibility index (Phi) is 9.11. The van der Waals surface area contributed by atoms with E-state index in [1.165, 1.54) is 15.0 Å². The van der Waals surface area contributed by atoms with E-state index < -0.39 is 5.97 Å². The van der Waals surface area contributed by atoms with E-state index in [0.717, 1.165) is 31.2 Å². The van der Waals surface area contributed by atoms with Crippen LogP contribution in [0.1, 0.15) is 43.0 Å². The lowest BCUT2D eigenvalue weighted by atomic mass is 10.1. The predicted molar refractivity (Wildman–Crippen MR) is 148 cm³/mol. The highest BCUT2D eigenvalue weighted by molar-refractivity contribution is 7.22. The highest BCUT2D eigenvalue weighted by atomic mass is 32.1. The van der Waals surface area contributed by atoms with Crippen molar-refractivity contribution >= 4 is 33.4 Å². The summed E-state index contributed by atoms with van der Waals surface area (Å²) in [7, 11) is 0. The second-order valence-electron chi connectivity index (χ2n) is 8.77. The molecule has 6 heteroatoms. The van der Waals surface area contributed by atoms with E-state index in [4.69, 9.17) is 14.2 Å². The van der Waals surface area contributed by atoms with Crippen LogP contribution in [-0.4, -0.2) is 25.2 Å². The third-order valence-electron chi connectivity index (χ3n) is 5.75. The Morgan fingerprint density at radius 1 is 0.811 bits per heavy atom. The van der Waals surface area contributed by atoms with Crippen LogP contribution in [0.3, 0.4) is 0 Å². The highest BCUT2D eigenvalue weighted by Crippen LogP contribution is 2.34. The molecule has 190 valence electrons. The molecule has 0 spiro atoms. The number of esters is 2. The molecule has 4 aromatic rings. The maximum absolute atomic E-state index is 12.6. The van der Waals surface area contributed by atoms with Crippen molar-refractivity contribution in [1.29, 1.82) is 0 Å². The lowest BCUT2D eigenvalue weighted by Gasteiger charge is -2.08. The van der Waals surface area contributed by atoms with Crippen LogP contribution in [0.25, 0.3) is 20.5 Å². The third-order valence-corrected chi connectivity index (χ3v) is 6.92. The maximum Gasteiger partial charge on any atom is 0.343 e. The summed E-state index contributed by atoms with van der Waals surface area (Å²) in [5.74, 6) is 0.467. The molecule has 0 unspecified atom stereocenters. The van der Waals surface area contributed by atoms with Gasteiger partial charge in [-0.15, -0.1) is 11.3 Å².